The summed E-state index contributed by atoms with van der Waals surface area (Å²) in [4.78, 5) is 17.0. The van der Waals surface area contributed by atoms with Crippen LogP contribution in [0.1, 0.15) is 22.9 Å². The summed E-state index contributed by atoms with van der Waals surface area (Å²) < 4.78 is 3.32. The lowest BCUT2D eigenvalue weighted by atomic mass is 10.3. The van der Waals surface area contributed by atoms with Crippen LogP contribution in [0.2, 0.25) is 0 Å². The van der Waals surface area contributed by atoms with Gasteiger partial charge in [0.25, 0.3) is 0 Å². The van der Waals surface area contributed by atoms with Gasteiger partial charge in [-0.2, -0.15) is 5.10 Å². The molecule has 0 saturated carbocycles. The number of aromatic nitrogens is 7. The second-order valence-electron chi connectivity index (χ2n) is 4.56. The molecule has 0 aliphatic rings. The van der Waals surface area contributed by atoms with Gasteiger partial charge in [-0.1, -0.05) is 11.3 Å². The number of hydrogen-bond acceptors (Lipinski definition) is 7. The van der Waals surface area contributed by atoms with Crippen LogP contribution in [-0.2, 0) is 17.9 Å². The van der Waals surface area contributed by atoms with E-state index in [-0.39, 0.29) is 5.91 Å². The van der Waals surface area contributed by atoms with Crippen LogP contribution in [0.4, 0.5) is 0 Å². The number of aryl methyl sites for hydroxylation is 3. The first kappa shape index (κ1) is 13.6. The zero-order valence-electron chi connectivity index (χ0n) is 11.6. The molecule has 0 aliphatic carbocycles. The standard InChI is InChI=1S/C11H14N8OS/c1-7-14-16-17-18(7)4-3-10(20)12-5-9-6-19-11(13-9)21-8(2)15-19/h6H,3-5H2,1-2H3,(H,12,20). The fourth-order valence-electron chi connectivity index (χ4n) is 1.87. The zero-order chi connectivity index (χ0) is 14.8. The van der Waals surface area contributed by atoms with Gasteiger partial charge in [0, 0.05) is 6.42 Å². The largest absolute Gasteiger partial charge is 0.350 e. The molecule has 0 atom stereocenters. The first-order valence-electron chi connectivity index (χ1n) is 6.43. The maximum absolute atomic E-state index is 11.8. The second-order valence-corrected chi connectivity index (χ2v) is 5.72. The number of fused-ring (bicyclic) bond motifs is 1. The van der Waals surface area contributed by atoms with E-state index >= 15 is 0 Å². The van der Waals surface area contributed by atoms with E-state index in [2.05, 4.69) is 30.9 Å². The van der Waals surface area contributed by atoms with E-state index in [1.807, 2.05) is 13.1 Å². The SMILES string of the molecule is Cc1nn2cc(CNC(=O)CCn3nnnc3C)nc2s1. The zero-order valence-corrected chi connectivity index (χ0v) is 12.5. The lowest BCUT2D eigenvalue weighted by Gasteiger charge is -2.03. The predicted octanol–water partition coefficient (Wildman–Crippen LogP) is 0.101. The van der Waals surface area contributed by atoms with E-state index in [0.29, 0.717) is 25.3 Å². The summed E-state index contributed by atoms with van der Waals surface area (Å²) in [7, 11) is 0. The molecule has 110 valence electrons. The molecule has 0 aromatic carbocycles. The summed E-state index contributed by atoms with van der Waals surface area (Å²) in [5, 5.41) is 19.2. The maximum Gasteiger partial charge on any atom is 0.222 e. The number of carbonyl (C=O) groups is 1. The normalized spacial score (nSPS) is 11.1. The second kappa shape index (κ2) is 5.56. The number of imidazole rings is 1. The molecular formula is C11H14N8OS. The molecular weight excluding hydrogens is 292 g/mol. The average molecular weight is 306 g/mol. The Kier molecular flexibility index (Phi) is 3.60. The fourth-order valence-corrected chi connectivity index (χ4v) is 2.61. The molecule has 1 N–H and O–H groups in total. The number of hydrogen-bond donors (Lipinski definition) is 1. The van der Waals surface area contributed by atoms with E-state index in [4.69, 9.17) is 0 Å². The van der Waals surface area contributed by atoms with Crippen molar-refractivity contribution < 1.29 is 4.79 Å². The Morgan fingerprint density at radius 1 is 1.43 bits per heavy atom. The van der Waals surface area contributed by atoms with Crippen molar-refractivity contribution in [3.05, 3.63) is 22.7 Å². The number of amides is 1. The van der Waals surface area contributed by atoms with Crippen LogP contribution in [0.3, 0.4) is 0 Å². The quantitative estimate of drug-likeness (QED) is 0.717. The van der Waals surface area contributed by atoms with Gasteiger partial charge in [0.2, 0.25) is 10.9 Å². The summed E-state index contributed by atoms with van der Waals surface area (Å²) in [6.45, 7) is 4.58. The van der Waals surface area contributed by atoms with Gasteiger partial charge >= 0.3 is 0 Å². The Bertz CT molecular complexity index is 741. The number of nitrogens with zero attached hydrogens (tertiary/aromatic N) is 7. The van der Waals surface area contributed by atoms with Gasteiger partial charge in [0.05, 0.1) is 25.0 Å². The van der Waals surface area contributed by atoms with E-state index in [0.717, 1.165) is 15.7 Å². The Balaban J connectivity index is 1.51. The Morgan fingerprint density at radius 2 is 2.29 bits per heavy atom. The molecule has 21 heavy (non-hydrogen) atoms. The van der Waals surface area contributed by atoms with E-state index in [9.17, 15) is 4.79 Å². The van der Waals surface area contributed by atoms with Crippen LogP contribution in [0.15, 0.2) is 6.20 Å². The molecule has 1 amide bonds. The summed E-state index contributed by atoms with van der Waals surface area (Å²) >= 11 is 1.52. The number of rotatable bonds is 5. The highest BCUT2D eigenvalue weighted by Gasteiger charge is 2.08. The van der Waals surface area contributed by atoms with Gasteiger partial charge in [-0.3, -0.25) is 4.79 Å². The van der Waals surface area contributed by atoms with Crippen molar-refractivity contribution in [1.29, 1.82) is 0 Å². The van der Waals surface area contributed by atoms with Gasteiger partial charge in [-0.25, -0.2) is 14.2 Å². The molecule has 0 bridgehead atoms. The summed E-state index contributed by atoms with van der Waals surface area (Å²) in [6.07, 6.45) is 2.15. The van der Waals surface area contributed by atoms with E-state index in [1.54, 1.807) is 16.1 Å². The maximum atomic E-state index is 11.8. The summed E-state index contributed by atoms with van der Waals surface area (Å²) in [6, 6.07) is 0. The molecule has 3 aromatic heterocycles. The third kappa shape index (κ3) is 3.05. The molecule has 10 heteroatoms. The van der Waals surface area contributed by atoms with Crippen molar-refractivity contribution in [2.24, 2.45) is 0 Å². The predicted molar refractivity (Wildman–Crippen MR) is 74.6 cm³/mol. The minimum Gasteiger partial charge on any atom is -0.350 e. The molecule has 0 radical (unpaired) electrons. The summed E-state index contributed by atoms with van der Waals surface area (Å²) in [5.41, 5.74) is 0.792. The molecule has 0 fully saturated rings. The van der Waals surface area contributed by atoms with E-state index < -0.39 is 0 Å². The third-order valence-corrected chi connectivity index (χ3v) is 3.76. The monoisotopic (exact) mass is 306 g/mol. The molecule has 9 nitrogen and oxygen atoms in total. The first-order chi connectivity index (χ1) is 10.1. The van der Waals surface area contributed by atoms with Gasteiger partial charge in [-0.15, -0.1) is 5.10 Å². The highest BCUT2D eigenvalue weighted by atomic mass is 32.1. The van der Waals surface area contributed by atoms with Crippen molar-refractivity contribution >= 4 is 22.2 Å². The van der Waals surface area contributed by atoms with Crippen molar-refractivity contribution in [3.63, 3.8) is 0 Å². The summed E-state index contributed by atoms with van der Waals surface area (Å²) in [5.74, 6) is 0.629. The lowest BCUT2D eigenvalue weighted by Crippen LogP contribution is -2.24. The lowest BCUT2D eigenvalue weighted by molar-refractivity contribution is -0.121. The smallest absolute Gasteiger partial charge is 0.222 e. The van der Waals surface area contributed by atoms with Crippen LogP contribution in [0.25, 0.3) is 4.96 Å². The van der Waals surface area contributed by atoms with Crippen molar-refractivity contribution in [1.82, 2.24) is 40.1 Å². The van der Waals surface area contributed by atoms with Crippen molar-refractivity contribution in [2.75, 3.05) is 0 Å². The molecule has 3 aromatic rings. The minimum absolute atomic E-state index is 0.0644. The third-order valence-electron chi connectivity index (χ3n) is 2.92. The van der Waals surface area contributed by atoms with Gasteiger partial charge in [-0.05, 0) is 24.3 Å². The molecule has 0 aliphatic heterocycles. The molecule has 0 saturated heterocycles. The van der Waals surface area contributed by atoms with Gasteiger partial charge in [0.15, 0.2) is 0 Å². The van der Waals surface area contributed by atoms with Crippen LogP contribution < -0.4 is 5.32 Å². The minimum atomic E-state index is -0.0644. The van der Waals surface area contributed by atoms with E-state index in [1.165, 1.54) is 11.3 Å². The molecule has 3 heterocycles. The highest BCUT2D eigenvalue weighted by molar-refractivity contribution is 7.16. The van der Waals surface area contributed by atoms with Crippen molar-refractivity contribution in [2.45, 2.75) is 33.4 Å². The van der Waals surface area contributed by atoms with Crippen LogP contribution in [-0.4, -0.2) is 40.7 Å². The van der Waals surface area contributed by atoms with Crippen LogP contribution in [0, 0.1) is 13.8 Å². The Labute approximate surface area is 124 Å². The molecule has 0 spiro atoms. The highest BCUT2D eigenvalue weighted by Crippen LogP contribution is 2.13. The fraction of sp³-hybridized carbons (Fsp3) is 0.455. The number of nitrogens with one attached hydrogen (secondary N) is 1. The van der Waals surface area contributed by atoms with Crippen LogP contribution >= 0.6 is 11.3 Å². The number of tetrazole rings is 1. The van der Waals surface area contributed by atoms with Crippen LogP contribution in [0.5, 0.6) is 0 Å². The molecule has 0 unspecified atom stereocenters. The first-order valence-corrected chi connectivity index (χ1v) is 7.24. The molecule has 3 rings (SSSR count). The Morgan fingerprint density at radius 3 is 3.00 bits per heavy atom. The number of carbonyl (C=O) groups excluding carboxylic acids is 1. The van der Waals surface area contributed by atoms with Gasteiger partial charge in [0.1, 0.15) is 10.8 Å². The topological polar surface area (TPSA) is 103 Å². The van der Waals surface area contributed by atoms with Gasteiger partial charge < -0.3 is 5.32 Å². The van der Waals surface area contributed by atoms with Crippen molar-refractivity contribution in [3.8, 4) is 0 Å². The average Bonchev–Trinajstić information content (AvgIpc) is 3.08. The Hall–Kier alpha value is -2.36.